The van der Waals surface area contributed by atoms with Gasteiger partial charge in [-0.15, -0.1) is 0 Å². The smallest absolute Gasteiger partial charge is 0.218 e. The van der Waals surface area contributed by atoms with E-state index in [0.717, 1.165) is 56.9 Å². The summed E-state index contributed by atoms with van der Waals surface area (Å²) in [5.41, 5.74) is 5.86. The summed E-state index contributed by atoms with van der Waals surface area (Å²) in [6.45, 7) is 0. The van der Waals surface area contributed by atoms with Crippen molar-refractivity contribution in [3.8, 4) is 0 Å². The third-order valence-electron chi connectivity index (χ3n) is 7.17. The van der Waals surface area contributed by atoms with Crippen molar-refractivity contribution in [2.75, 3.05) is 5.75 Å². The first kappa shape index (κ1) is 20.0. The Hall–Kier alpha value is -1.92. The summed E-state index contributed by atoms with van der Waals surface area (Å²) in [7, 11) is -3.87. The summed E-state index contributed by atoms with van der Waals surface area (Å²) in [4.78, 5) is 12.9. The van der Waals surface area contributed by atoms with Gasteiger partial charge in [0.1, 0.15) is 5.75 Å². The van der Waals surface area contributed by atoms with Crippen LogP contribution in [0.3, 0.4) is 0 Å². The maximum atomic E-state index is 12.9. The van der Waals surface area contributed by atoms with Crippen LogP contribution in [0.4, 0.5) is 0 Å². The number of benzene rings is 1. The van der Waals surface area contributed by atoms with E-state index in [0.29, 0.717) is 18.4 Å². The fourth-order valence-corrected chi connectivity index (χ4v) is 6.82. The molecule has 3 aliphatic carbocycles. The zero-order chi connectivity index (χ0) is 20.9. The number of rotatable bonds is 6. The number of carbonyl (C=O) groups excluding carboxylic acids is 1. The van der Waals surface area contributed by atoms with Gasteiger partial charge in [-0.1, -0.05) is 18.9 Å². The molecule has 1 heterocycles. The van der Waals surface area contributed by atoms with Crippen molar-refractivity contribution in [3.63, 3.8) is 0 Å². The lowest BCUT2D eigenvalue weighted by Gasteiger charge is -2.19. The predicted molar refractivity (Wildman–Crippen MR) is 112 cm³/mol. The van der Waals surface area contributed by atoms with Crippen LogP contribution in [-0.4, -0.2) is 25.1 Å². The molecular weight excluding hydrogens is 400 g/mol. The van der Waals surface area contributed by atoms with Crippen LogP contribution >= 0.6 is 0 Å². The molecular formula is C24H28O5S. The van der Waals surface area contributed by atoms with Gasteiger partial charge >= 0.3 is 0 Å². The van der Waals surface area contributed by atoms with E-state index in [-0.39, 0.29) is 17.3 Å². The molecule has 5 nitrogen and oxygen atoms in total. The second-order valence-corrected chi connectivity index (χ2v) is 11.1. The van der Waals surface area contributed by atoms with Gasteiger partial charge in [0.05, 0.1) is 11.9 Å². The first-order valence-corrected chi connectivity index (χ1v) is 12.7. The zero-order valence-electron chi connectivity index (χ0n) is 17.2. The maximum Gasteiger partial charge on any atom is 0.218 e. The Morgan fingerprint density at radius 3 is 2.23 bits per heavy atom. The number of hydrogen-bond donors (Lipinski definition) is 1. The Bertz CT molecular complexity index is 1070. The van der Waals surface area contributed by atoms with Crippen LogP contribution in [0.1, 0.15) is 71.9 Å². The van der Waals surface area contributed by atoms with Crippen LogP contribution in [0.5, 0.6) is 0 Å². The molecule has 0 saturated heterocycles. The van der Waals surface area contributed by atoms with Gasteiger partial charge in [0.25, 0.3) is 0 Å². The van der Waals surface area contributed by atoms with E-state index in [1.54, 1.807) is 0 Å². The number of carbonyl (C=O) groups is 1. The molecule has 1 aromatic carbocycles. The van der Waals surface area contributed by atoms with Crippen LogP contribution in [0.25, 0.3) is 0 Å². The number of hydrogen-bond acceptors (Lipinski definition) is 5. The van der Waals surface area contributed by atoms with Crippen molar-refractivity contribution in [1.29, 1.82) is 0 Å². The molecule has 0 bridgehead atoms. The first-order chi connectivity index (χ1) is 14.4. The van der Waals surface area contributed by atoms with Crippen molar-refractivity contribution < 1.29 is 22.7 Å². The highest BCUT2D eigenvalue weighted by molar-refractivity contribution is 7.92. The number of sulfone groups is 1. The Morgan fingerprint density at radius 2 is 1.60 bits per heavy atom. The lowest BCUT2D eigenvalue weighted by Crippen LogP contribution is -2.21. The Balaban J connectivity index is 1.36. The largest absolute Gasteiger partial charge is 0.453 e. The lowest BCUT2D eigenvalue weighted by molar-refractivity contribution is -0.116. The number of ketones is 1. The molecule has 1 saturated carbocycles. The van der Waals surface area contributed by atoms with Crippen molar-refractivity contribution in [2.24, 2.45) is 0 Å². The Labute approximate surface area is 177 Å². The van der Waals surface area contributed by atoms with E-state index < -0.39 is 21.2 Å². The fraction of sp³-hybridized carbons (Fsp3) is 0.542. The fourth-order valence-electron chi connectivity index (χ4n) is 5.65. The minimum absolute atomic E-state index is 0.183. The molecule has 0 aliphatic heterocycles. The SMILES string of the molecule is O=C(Cc1c2c(cc3c1CCC3)CCC2)CS(=O)(=O)c1cc(C2(O)CCCC2)co1. The van der Waals surface area contributed by atoms with Gasteiger partial charge in [-0.05, 0) is 79.2 Å². The van der Waals surface area contributed by atoms with Crippen LogP contribution in [0.15, 0.2) is 27.9 Å². The second-order valence-electron chi connectivity index (χ2n) is 9.21. The summed E-state index contributed by atoms with van der Waals surface area (Å²) < 4.78 is 31.0. The van der Waals surface area contributed by atoms with Gasteiger partial charge < -0.3 is 9.52 Å². The minimum Gasteiger partial charge on any atom is -0.453 e. The van der Waals surface area contributed by atoms with Crippen LogP contribution < -0.4 is 0 Å². The molecule has 160 valence electrons. The molecule has 0 unspecified atom stereocenters. The van der Waals surface area contributed by atoms with Gasteiger partial charge in [-0.25, -0.2) is 8.42 Å². The van der Waals surface area contributed by atoms with Crippen molar-refractivity contribution in [2.45, 2.75) is 81.3 Å². The standard InChI is InChI=1S/C24H28O5S/c25-19(13-22-20-7-3-5-16(20)11-17-6-4-8-21(17)22)15-30(27,28)23-12-18(14-29-23)24(26)9-1-2-10-24/h11-12,14,26H,1-10,13,15H2. The van der Waals surface area contributed by atoms with E-state index in [4.69, 9.17) is 4.42 Å². The molecule has 30 heavy (non-hydrogen) atoms. The van der Waals surface area contributed by atoms with Gasteiger partial charge in [-0.2, -0.15) is 0 Å². The maximum absolute atomic E-state index is 12.9. The monoisotopic (exact) mass is 428 g/mol. The molecule has 1 aromatic heterocycles. The minimum atomic E-state index is -3.87. The summed E-state index contributed by atoms with van der Waals surface area (Å²) >= 11 is 0. The normalized spacial score (nSPS) is 19.8. The van der Waals surface area contributed by atoms with E-state index >= 15 is 0 Å². The van der Waals surface area contributed by atoms with E-state index in [1.165, 1.54) is 34.6 Å². The third kappa shape index (κ3) is 3.44. The topological polar surface area (TPSA) is 84.6 Å². The first-order valence-electron chi connectivity index (χ1n) is 11.1. The number of fused-ring (bicyclic) bond motifs is 2. The summed E-state index contributed by atoms with van der Waals surface area (Å²) in [6, 6.07) is 3.72. The number of aryl methyl sites for hydroxylation is 2. The van der Waals surface area contributed by atoms with Crippen LogP contribution in [0, 0.1) is 0 Å². The summed E-state index contributed by atoms with van der Waals surface area (Å²) in [6.07, 6.45) is 10.8. The highest BCUT2D eigenvalue weighted by Crippen LogP contribution is 2.40. The molecule has 6 heteroatoms. The second kappa shape index (κ2) is 7.34. The van der Waals surface area contributed by atoms with Crippen molar-refractivity contribution in [1.82, 2.24) is 0 Å². The van der Waals surface area contributed by atoms with Crippen molar-refractivity contribution in [3.05, 3.63) is 51.8 Å². The number of Topliss-reactive ketones (excluding diaryl/α,β-unsaturated/α-hetero) is 1. The summed E-state index contributed by atoms with van der Waals surface area (Å²) in [5.74, 6) is -0.849. The molecule has 3 aliphatic rings. The molecule has 0 radical (unpaired) electrons. The highest BCUT2D eigenvalue weighted by Gasteiger charge is 2.36. The zero-order valence-corrected chi connectivity index (χ0v) is 18.0. The van der Waals surface area contributed by atoms with Crippen LogP contribution in [-0.2, 0) is 52.3 Å². The van der Waals surface area contributed by atoms with E-state index in [9.17, 15) is 18.3 Å². The van der Waals surface area contributed by atoms with Gasteiger partial charge in [0, 0.05) is 18.1 Å². The third-order valence-corrected chi connectivity index (χ3v) is 8.70. The Morgan fingerprint density at radius 1 is 0.967 bits per heavy atom. The average molecular weight is 429 g/mol. The van der Waals surface area contributed by atoms with Gasteiger partial charge in [0.2, 0.25) is 14.9 Å². The number of furan rings is 1. The van der Waals surface area contributed by atoms with Crippen LogP contribution in [0.2, 0.25) is 0 Å². The molecule has 0 atom stereocenters. The molecule has 1 N–H and O–H groups in total. The molecule has 0 spiro atoms. The van der Waals surface area contributed by atoms with E-state index in [2.05, 4.69) is 6.07 Å². The average Bonchev–Trinajstić information content (AvgIpc) is 3.47. The Kier molecular flexibility index (Phi) is 4.90. The van der Waals surface area contributed by atoms with E-state index in [1.807, 2.05) is 0 Å². The number of aliphatic hydroxyl groups is 1. The van der Waals surface area contributed by atoms with Crippen molar-refractivity contribution >= 4 is 15.6 Å². The molecule has 0 amide bonds. The molecule has 5 rings (SSSR count). The molecule has 1 fully saturated rings. The highest BCUT2D eigenvalue weighted by atomic mass is 32.2. The quantitative estimate of drug-likeness (QED) is 0.760. The van der Waals surface area contributed by atoms with Gasteiger partial charge in [-0.3, -0.25) is 4.79 Å². The lowest BCUT2D eigenvalue weighted by atomic mass is 9.91. The van der Waals surface area contributed by atoms with Gasteiger partial charge in [0.15, 0.2) is 5.78 Å². The predicted octanol–water partition coefficient (Wildman–Crippen LogP) is 3.60. The molecule has 2 aromatic rings. The summed E-state index contributed by atoms with van der Waals surface area (Å²) in [5, 5.41) is 10.5.